The van der Waals surface area contributed by atoms with Crippen LogP contribution in [0.2, 0.25) is 0 Å². The summed E-state index contributed by atoms with van der Waals surface area (Å²) in [5.41, 5.74) is 12.0. The van der Waals surface area contributed by atoms with Crippen molar-refractivity contribution in [3.63, 3.8) is 0 Å². The highest BCUT2D eigenvalue weighted by Gasteiger charge is 2.35. The quantitative estimate of drug-likeness (QED) is 0.185. The van der Waals surface area contributed by atoms with Crippen molar-refractivity contribution in [2.75, 3.05) is 0 Å². The predicted molar refractivity (Wildman–Crippen MR) is 218 cm³/mol. The van der Waals surface area contributed by atoms with Gasteiger partial charge >= 0.3 is 0 Å². The van der Waals surface area contributed by atoms with Gasteiger partial charge in [0.15, 0.2) is 0 Å². The second-order valence-corrected chi connectivity index (χ2v) is 14.3. The van der Waals surface area contributed by atoms with E-state index in [1.807, 2.05) is 18.2 Å². The molecule has 1 aliphatic carbocycles. The molecule has 0 N–H and O–H groups in total. The molecule has 0 fully saturated rings. The Morgan fingerprint density at radius 1 is 0.537 bits per heavy atom. The van der Waals surface area contributed by atoms with E-state index in [4.69, 9.17) is 9.15 Å². The summed E-state index contributed by atoms with van der Waals surface area (Å²) in [4.78, 5) is 0. The topological polar surface area (TPSA) is 56.0 Å². The molecule has 1 aliphatic heterocycles. The van der Waals surface area contributed by atoms with E-state index in [9.17, 15) is 5.26 Å². The lowest BCUT2D eigenvalue weighted by Crippen LogP contribution is -2.15. The molecule has 2 unspecified atom stereocenters. The van der Waals surface area contributed by atoms with E-state index in [0.29, 0.717) is 5.56 Å². The fourth-order valence-corrected chi connectivity index (χ4v) is 9.24. The van der Waals surface area contributed by atoms with Crippen molar-refractivity contribution in [2.45, 2.75) is 12.0 Å². The molecule has 0 amide bonds. The number of nitriles is 1. The van der Waals surface area contributed by atoms with Crippen LogP contribution in [-0.2, 0) is 0 Å². The first-order chi connectivity index (χ1) is 26.7. The number of hydrogen-bond donors (Lipinski definition) is 0. The molecule has 0 radical (unpaired) electrons. The van der Waals surface area contributed by atoms with Crippen LogP contribution in [0.5, 0.6) is 5.75 Å². The minimum Gasteiger partial charge on any atom is -0.485 e. The zero-order valence-electron chi connectivity index (χ0n) is 28.9. The number of rotatable bonds is 3. The summed E-state index contributed by atoms with van der Waals surface area (Å²) >= 11 is 0. The van der Waals surface area contributed by atoms with Crippen LogP contribution < -0.4 is 4.74 Å². The number of ether oxygens (including phenoxy) is 1. The van der Waals surface area contributed by atoms with Crippen LogP contribution >= 0.6 is 0 Å². The van der Waals surface area contributed by atoms with Gasteiger partial charge in [-0.15, -0.1) is 0 Å². The summed E-state index contributed by atoms with van der Waals surface area (Å²) in [6, 6.07) is 51.2. The molecule has 0 saturated heterocycles. The number of allylic oxidation sites excluding steroid dienone is 2. The van der Waals surface area contributed by atoms with Crippen molar-refractivity contribution in [3.8, 4) is 34.3 Å². The van der Waals surface area contributed by atoms with E-state index >= 15 is 0 Å². The van der Waals surface area contributed by atoms with Crippen LogP contribution in [0.4, 0.5) is 0 Å². The molecule has 12 rings (SSSR count). The Morgan fingerprint density at radius 3 is 2.02 bits per heavy atom. The van der Waals surface area contributed by atoms with Crippen molar-refractivity contribution in [1.29, 1.82) is 5.26 Å². The lowest BCUT2D eigenvalue weighted by molar-refractivity contribution is 0.269. The first-order valence-electron chi connectivity index (χ1n) is 18.3. The van der Waals surface area contributed by atoms with E-state index in [1.54, 1.807) is 0 Å². The third-order valence-corrected chi connectivity index (χ3v) is 11.5. The summed E-state index contributed by atoms with van der Waals surface area (Å²) < 4.78 is 17.3. The fourth-order valence-electron chi connectivity index (χ4n) is 9.24. The van der Waals surface area contributed by atoms with Gasteiger partial charge in [0.1, 0.15) is 23.0 Å². The Morgan fingerprint density at radius 2 is 1.20 bits per heavy atom. The van der Waals surface area contributed by atoms with Gasteiger partial charge in [0.05, 0.1) is 33.7 Å². The van der Waals surface area contributed by atoms with Crippen molar-refractivity contribution >= 4 is 65.6 Å². The SMILES string of the molecule is N#Cc1cc(-n2c3ccccc3c3c4c(ccc32)OC2C=CC=CC42)ccc1-c1ccc(-n2c3ccccc3c3c4c(ccc32)oc2ccccc24)cc1. The van der Waals surface area contributed by atoms with Crippen LogP contribution in [0.3, 0.4) is 0 Å². The van der Waals surface area contributed by atoms with Gasteiger partial charge in [-0.05, 0) is 83.9 Å². The molecule has 3 aromatic heterocycles. The summed E-state index contributed by atoms with van der Waals surface area (Å²) in [7, 11) is 0. The number of benzene rings is 7. The van der Waals surface area contributed by atoms with E-state index in [0.717, 1.165) is 72.3 Å². The smallest absolute Gasteiger partial charge is 0.136 e. The summed E-state index contributed by atoms with van der Waals surface area (Å²) in [5, 5.41) is 17.6. The van der Waals surface area contributed by atoms with Crippen LogP contribution in [-0.4, -0.2) is 15.2 Å². The van der Waals surface area contributed by atoms with E-state index in [1.165, 1.54) is 27.1 Å². The highest BCUT2D eigenvalue weighted by Crippen LogP contribution is 2.48. The molecule has 5 nitrogen and oxygen atoms in total. The van der Waals surface area contributed by atoms with Gasteiger partial charge in [-0.2, -0.15) is 5.26 Å². The van der Waals surface area contributed by atoms with Gasteiger partial charge in [-0.3, -0.25) is 0 Å². The normalized spacial score (nSPS) is 16.1. The Labute approximate surface area is 309 Å². The Bertz CT molecular complexity index is 3330. The lowest BCUT2D eigenvalue weighted by atomic mass is 9.89. The standard InChI is InChI=1S/C49H29N3O2/c50-28-30-27-32(52-39-14-6-2-10-35(39)47-41(52)24-26-45-49(47)37-12-4-8-16-43(37)54-45)21-22-33(30)29-17-19-31(20-18-29)51-38-13-5-1-9-34(38)46-40(51)23-25-44-48(46)36-11-3-7-15-42(36)53-44/h1-27,37,43H. The van der Waals surface area contributed by atoms with Crippen molar-refractivity contribution in [2.24, 2.45) is 0 Å². The zero-order chi connectivity index (χ0) is 35.5. The monoisotopic (exact) mass is 691 g/mol. The van der Waals surface area contributed by atoms with Crippen LogP contribution in [0.25, 0.3) is 88.1 Å². The molecule has 4 heterocycles. The summed E-state index contributed by atoms with van der Waals surface area (Å²) in [6.07, 6.45) is 8.58. The highest BCUT2D eigenvalue weighted by atomic mass is 16.5. The fraction of sp³-hybridized carbons (Fsp3) is 0.0408. The summed E-state index contributed by atoms with van der Waals surface area (Å²) in [5.74, 6) is 1.11. The number of furan rings is 1. The molecule has 7 aromatic carbocycles. The van der Waals surface area contributed by atoms with E-state index < -0.39 is 0 Å². The van der Waals surface area contributed by atoms with Gasteiger partial charge in [0.25, 0.3) is 0 Å². The number of fused-ring (bicyclic) bond motifs is 14. The van der Waals surface area contributed by atoms with E-state index in [2.05, 4.69) is 161 Å². The number of aromatic nitrogens is 2. The van der Waals surface area contributed by atoms with Crippen molar-refractivity contribution < 1.29 is 9.15 Å². The molecule has 5 heteroatoms. The lowest BCUT2D eigenvalue weighted by Gasteiger charge is -2.14. The first-order valence-corrected chi connectivity index (χ1v) is 18.3. The third kappa shape index (κ3) is 3.92. The van der Waals surface area contributed by atoms with Gasteiger partial charge in [0.2, 0.25) is 0 Å². The third-order valence-electron chi connectivity index (χ3n) is 11.5. The molecule has 0 saturated carbocycles. The number of para-hydroxylation sites is 3. The summed E-state index contributed by atoms with van der Waals surface area (Å²) in [6.45, 7) is 0. The minimum absolute atomic E-state index is 0.0105. The van der Waals surface area contributed by atoms with Gasteiger partial charge in [-0.25, -0.2) is 0 Å². The second-order valence-electron chi connectivity index (χ2n) is 14.3. The second kappa shape index (κ2) is 10.9. The van der Waals surface area contributed by atoms with Gasteiger partial charge in [-0.1, -0.05) is 91.0 Å². The molecule has 2 atom stereocenters. The van der Waals surface area contributed by atoms with E-state index in [-0.39, 0.29) is 12.0 Å². The Balaban J connectivity index is 0.984. The molecule has 0 bridgehead atoms. The van der Waals surface area contributed by atoms with Gasteiger partial charge < -0.3 is 18.3 Å². The predicted octanol–water partition coefficient (Wildman–Crippen LogP) is 12.3. The first kappa shape index (κ1) is 29.3. The average molecular weight is 692 g/mol. The molecule has 252 valence electrons. The molecule has 54 heavy (non-hydrogen) atoms. The molecule has 10 aromatic rings. The van der Waals surface area contributed by atoms with Crippen molar-refractivity contribution in [1.82, 2.24) is 9.13 Å². The number of nitrogens with zero attached hydrogens (tertiary/aromatic N) is 3. The van der Waals surface area contributed by atoms with Crippen LogP contribution in [0.1, 0.15) is 17.0 Å². The minimum atomic E-state index is 0.0105. The molecule has 2 aliphatic rings. The Kier molecular flexibility index (Phi) is 5.90. The zero-order valence-corrected chi connectivity index (χ0v) is 28.9. The van der Waals surface area contributed by atoms with Crippen LogP contribution in [0.15, 0.2) is 168 Å². The number of hydrogen-bond acceptors (Lipinski definition) is 3. The molecule has 0 spiro atoms. The van der Waals surface area contributed by atoms with Crippen LogP contribution in [0, 0.1) is 11.3 Å². The van der Waals surface area contributed by atoms with Crippen molar-refractivity contribution in [3.05, 3.63) is 175 Å². The molecular weight excluding hydrogens is 663 g/mol. The highest BCUT2D eigenvalue weighted by molar-refractivity contribution is 6.27. The maximum atomic E-state index is 10.6. The van der Waals surface area contributed by atoms with Gasteiger partial charge in [0, 0.05) is 55.2 Å². The average Bonchev–Trinajstić information content (AvgIpc) is 3.98. The molecular formula is C49H29N3O2. The largest absolute Gasteiger partial charge is 0.485 e. The Hall–Kier alpha value is -7.29. The maximum Gasteiger partial charge on any atom is 0.136 e. The maximum absolute atomic E-state index is 10.6.